The van der Waals surface area contributed by atoms with Gasteiger partial charge in [0.05, 0.1) is 0 Å². The number of carboxylic acids is 3. The SMILES string of the molecule is C=C.C=CC(=O)O.O=C(O)C=CC(=O)O.O=[PH](O)O. The summed E-state index contributed by atoms with van der Waals surface area (Å²) in [5, 5.41) is 23.2. The first-order valence-corrected chi connectivity index (χ1v) is 5.34. The van der Waals surface area contributed by atoms with Crippen LogP contribution in [0.5, 0.6) is 0 Å². The van der Waals surface area contributed by atoms with E-state index in [-0.39, 0.29) is 0 Å². The van der Waals surface area contributed by atoms with E-state index in [2.05, 4.69) is 19.7 Å². The monoisotopic (exact) mass is 298 g/mol. The molecule has 0 radical (unpaired) electrons. The molecule has 0 saturated heterocycles. The Kier molecular flexibility index (Phi) is 28.4. The fourth-order valence-corrected chi connectivity index (χ4v) is 0.143. The first-order valence-electron chi connectivity index (χ1n) is 4.04. The summed E-state index contributed by atoms with van der Waals surface area (Å²) in [6, 6.07) is 0. The third-order valence-corrected chi connectivity index (χ3v) is 0.543. The Morgan fingerprint density at radius 2 is 1.00 bits per heavy atom. The van der Waals surface area contributed by atoms with Crippen LogP contribution in [0, 0.1) is 0 Å². The van der Waals surface area contributed by atoms with Crippen molar-refractivity contribution in [2.45, 2.75) is 0 Å². The molecule has 0 heterocycles. The molecule has 0 spiro atoms. The Bertz CT molecular complexity index is 315. The highest BCUT2D eigenvalue weighted by Crippen LogP contribution is 1.98. The van der Waals surface area contributed by atoms with Gasteiger partial charge in [-0.25, -0.2) is 14.4 Å². The molecular weight excluding hydrogens is 283 g/mol. The number of carboxylic acid groups (broad SMARTS) is 3. The molecular formula is C9H15O9P. The van der Waals surface area contributed by atoms with E-state index in [1.54, 1.807) is 0 Å². The fourth-order valence-electron chi connectivity index (χ4n) is 0.143. The highest BCUT2D eigenvalue weighted by Gasteiger charge is 1.88. The van der Waals surface area contributed by atoms with Crippen LogP contribution in [0.25, 0.3) is 0 Å². The molecule has 0 unspecified atom stereocenters. The van der Waals surface area contributed by atoms with Gasteiger partial charge in [-0.1, -0.05) is 6.58 Å². The molecule has 9 nitrogen and oxygen atoms in total. The van der Waals surface area contributed by atoms with Crippen molar-refractivity contribution >= 4 is 26.2 Å². The number of hydrogen-bond donors (Lipinski definition) is 5. The maximum Gasteiger partial charge on any atom is 0.328 e. The van der Waals surface area contributed by atoms with Gasteiger partial charge in [-0.05, 0) is 0 Å². The molecule has 0 saturated carbocycles. The predicted octanol–water partition coefficient (Wildman–Crippen LogP) is 0.132. The number of aliphatic carboxylic acids is 3. The number of rotatable bonds is 3. The standard InChI is InChI=1S/C4H4O4.C3H4O2.C2H4.H3O3P/c5-3(6)1-2-4(7)8;1-2-3(4)5;1-2;1-4(2)3/h1-2H,(H,5,6)(H,7,8);2H,1H2,(H,4,5);1-2H2;4H,(H2,1,2,3). The Morgan fingerprint density at radius 1 is 0.842 bits per heavy atom. The fraction of sp³-hybridized carbons (Fsp3) is 0. The second-order valence-corrected chi connectivity index (χ2v) is 2.40. The van der Waals surface area contributed by atoms with Crippen molar-refractivity contribution in [1.29, 1.82) is 0 Å². The smallest absolute Gasteiger partial charge is 0.328 e. The zero-order chi connectivity index (χ0) is 16.4. The Balaban J connectivity index is -0.0000000886. The summed E-state index contributed by atoms with van der Waals surface area (Å²) >= 11 is 0. The molecule has 19 heavy (non-hydrogen) atoms. The summed E-state index contributed by atoms with van der Waals surface area (Å²) in [5.41, 5.74) is 0. The zero-order valence-electron chi connectivity index (χ0n) is 9.72. The van der Waals surface area contributed by atoms with Gasteiger partial charge in [0, 0.05) is 18.2 Å². The van der Waals surface area contributed by atoms with Gasteiger partial charge in [0.15, 0.2) is 0 Å². The largest absolute Gasteiger partial charge is 0.478 e. The van der Waals surface area contributed by atoms with Crippen molar-refractivity contribution < 1.29 is 44.1 Å². The third kappa shape index (κ3) is 131. The lowest BCUT2D eigenvalue weighted by Crippen LogP contribution is -1.91. The first kappa shape index (κ1) is 25.6. The summed E-state index contributed by atoms with van der Waals surface area (Å²) < 4.78 is 8.74. The van der Waals surface area contributed by atoms with Gasteiger partial charge < -0.3 is 25.1 Å². The summed E-state index contributed by atoms with van der Waals surface area (Å²) in [4.78, 5) is 42.7. The number of hydrogen-bond acceptors (Lipinski definition) is 4. The van der Waals surface area contributed by atoms with Crippen molar-refractivity contribution in [2.24, 2.45) is 0 Å². The van der Waals surface area contributed by atoms with E-state index >= 15 is 0 Å². The molecule has 0 amide bonds. The highest BCUT2D eigenvalue weighted by atomic mass is 31.1. The molecule has 5 N–H and O–H groups in total. The van der Waals surface area contributed by atoms with E-state index in [1.165, 1.54) is 0 Å². The van der Waals surface area contributed by atoms with E-state index in [0.717, 1.165) is 6.08 Å². The third-order valence-electron chi connectivity index (χ3n) is 0.543. The van der Waals surface area contributed by atoms with Gasteiger partial charge in [-0.15, -0.1) is 13.2 Å². The molecule has 0 aliphatic rings. The maximum absolute atomic E-state index is 9.55. The molecule has 10 heteroatoms. The molecule has 0 bridgehead atoms. The number of carbonyl (C=O) groups is 3. The average molecular weight is 298 g/mol. The van der Waals surface area contributed by atoms with E-state index in [4.69, 9.17) is 29.7 Å². The topological polar surface area (TPSA) is 169 Å². The summed E-state index contributed by atoms with van der Waals surface area (Å²) in [5.74, 6) is -3.50. The highest BCUT2D eigenvalue weighted by molar-refractivity contribution is 7.30. The minimum atomic E-state index is -3.13. The van der Waals surface area contributed by atoms with Crippen molar-refractivity contribution in [2.75, 3.05) is 0 Å². The van der Waals surface area contributed by atoms with Crippen LogP contribution in [0.2, 0.25) is 0 Å². The minimum Gasteiger partial charge on any atom is -0.478 e. The quantitative estimate of drug-likeness (QED) is 0.276. The molecule has 0 fully saturated rings. The lowest BCUT2D eigenvalue weighted by Gasteiger charge is -1.74. The first-order chi connectivity index (χ1) is 8.63. The van der Waals surface area contributed by atoms with Gasteiger partial charge in [0.25, 0.3) is 0 Å². The van der Waals surface area contributed by atoms with Crippen molar-refractivity contribution in [3.63, 3.8) is 0 Å². The van der Waals surface area contributed by atoms with Crippen molar-refractivity contribution in [3.05, 3.63) is 38.0 Å². The van der Waals surface area contributed by atoms with Crippen LogP contribution in [0.3, 0.4) is 0 Å². The lowest BCUT2D eigenvalue weighted by molar-refractivity contribution is -0.134. The van der Waals surface area contributed by atoms with Crippen molar-refractivity contribution in [3.8, 4) is 0 Å². The van der Waals surface area contributed by atoms with Gasteiger partial charge in [0.1, 0.15) is 0 Å². The van der Waals surface area contributed by atoms with Crippen LogP contribution >= 0.6 is 8.25 Å². The molecule has 0 aromatic carbocycles. The van der Waals surface area contributed by atoms with Crippen LogP contribution in [0.4, 0.5) is 0 Å². The van der Waals surface area contributed by atoms with Crippen LogP contribution in [0.15, 0.2) is 38.0 Å². The minimum absolute atomic E-state index is 0.558. The zero-order valence-corrected chi connectivity index (χ0v) is 10.7. The summed E-state index contributed by atoms with van der Waals surface area (Å²) in [6.45, 7) is 8.96. The van der Waals surface area contributed by atoms with Crippen LogP contribution in [0.1, 0.15) is 0 Å². The molecule has 110 valence electrons. The Labute approximate surface area is 109 Å². The normalized spacial score (nSPS) is 7.74. The molecule has 0 rings (SSSR count). The predicted molar refractivity (Wildman–Crippen MR) is 66.9 cm³/mol. The Morgan fingerprint density at radius 3 is 1.05 bits per heavy atom. The van der Waals surface area contributed by atoms with Gasteiger partial charge in [-0.3, -0.25) is 4.57 Å². The van der Waals surface area contributed by atoms with E-state index < -0.39 is 26.2 Å². The second kappa shape index (κ2) is 21.1. The van der Waals surface area contributed by atoms with Crippen LogP contribution < -0.4 is 0 Å². The molecule has 0 atom stereocenters. The van der Waals surface area contributed by atoms with E-state index in [1.807, 2.05) is 0 Å². The molecule has 0 aliphatic heterocycles. The van der Waals surface area contributed by atoms with Gasteiger partial charge in [-0.2, -0.15) is 0 Å². The van der Waals surface area contributed by atoms with E-state index in [0.29, 0.717) is 12.2 Å². The van der Waals surface area contributed by atoms with Gasteiger partial charge >= 0.3 is 26.2 Å². The summed E-state index contributed by atoms with van der Waals surface area (Å²) in [7, 11) is -3.13. The van der Waals surface area contributed by atoms with Gasteiger partial charge in [0.2, 0.25) is 0 Å². The second-order valence-electron chi connectivity index (χ2n) is 1.83. The van der Waals surface area contributed by atoms with E-state index in [9.17, 15) is 14.4 Å². The average Bonchev–Trinajstić information content (AvgIpc) is 2.29. The lowest BCUT2D eigenvalue weighted by atomic mass is 10.5. The van der Waals surface area contributed by atoms with Crippen LogP contribution in [-0.2, 0) is 18.9 Å². The maximum atomic E-state index is 9.55. The molecule has 0 aromatic rings. The van der Waals surface area contributed by atoms with Crippen LogP contribution in [-0.4, -0.2) is 43.0 Å². The Hall–Kier alpha value is -2.22. The molecule has 0 aliphatic carbocycles. The van der Waals surface area contributed by atoms with Crippen molar-refractivity contribution in [1.82, 2.24) is 0 Å². The summed E-state index contributed by atoms with van der Waals surface area (Å²) in [6.07, 6.45) is 1.95. The molecule has 0 aromatic heterocycles.